The maximum absolute atomic E-state index is 11.2. The predicted octanol–water partition coefficient (Wildman–Crippen LogP) is 7.33. The molecule has 0 amide bonds. The van der Waals surface area contributed by atoms with Crippen molar-refractivity contribution in [1.29, 1.82) is 0 Å². The van der Waals surface area contributed by atoms with E-state index in [4.69, 9.17) is 9.79 Å². The molecule has 0 rings (SSSR count). The van der Waals surface area contributed by atoms with Gasteiger partial charge in [-0.25, -0.2) is 0 Å². The van der Waals surface area contributed by atoms with Crippen molar-refractivity contribution in [3.8, 4) is 0 Å². The van der Waals surface area contributed by atoms with Crippen LogP contribution in [0.15, 0.2) is 10.9 Å². The van der Waals surface area contributed by atoms with Crippen molar-refractivity contribution in [3.05, 3.63) is 10.9 Å². The van der Waals surface area contributed by atoms with Gasteiger partial charge >= 0.3 is 7.60 Å². The minimum absolute atomic E-state index is 0.261. The molecule has 0 aromatic rings. The van der Waals surface area contributed by atoms with Crippen molar-refractivity contribution in [1.82, 2.24) is 0 Å². The van der Waals surface area contributed by atoms with Crippen LogP contribution in [0.5, 0.6) is 0 Å². The van der Waals surface area contributed by atoms with E-state index in [-0.39, 0.29) is 5.31 Å². The summed E-state index contributed by atoms with van der Waals surface area (Å²) in [6.07, 6.45) is 19.5. The molecule has 0 saturated heterocycles. The molecule has 24 heavy (non-hydrogen) atoms. The molecule has 4 heteroatoms. The van der Waals surface area contributed by atoms with Crippen LogP contribution >= 0.6 is 7.60 Å². The van der Waals surface area contributed by atoms with E-state index in [0.29, 0.717) is 0 Å². The smallest absolute Gasteiger partial charge is 0.321 e. The van der Waals surface area contributed by atoms with Crippen molar-refractivity contribution in [2.45, 2.75) is 117 Å². The van der Waals surface area contributed by atoms with Crippen molar-refractivity contribution in [2.75, 3.05) is 0 Å². The summed E-state index contributed by atoms with van der Waals surface area (Å²) >= 11 is 0. The minimum Gasteiger partial charge on any atom is -0.321 e. The number of rotatable bonds is 16. The van der Waals surface area contributed by atoms with Crippen LogP contribution in [-0.4, -0.2) is 9.79 Å². The van der Waals surface area contributed by atoms with Gasteiger partial charge in [0, 0.05) is 5.31 Å². The van der Waals surface area contributed by atoms with Gasteiger partial charge in [0.15, 0.2) is 0 Å². The summed E-state index contributed by atoms with van der Waals surface area (Å²) in [5, 5.41) is 0.261. The molecule has 0 aliphatic heterocycles. The Kier molecular flexibility index (Phi) is 15.1. The van der Waals surface area contributed by atoms with Crippen molar-refractivity contribution < 1.29 is 14.4 Å². The average molecular weight is 361 g/mol. The van der Waals surface area contributed by atoms with Crippen LogP contribution < -0.4 is 0 Å². The highest BCUT2D eigenvalue weighted by Crippen LogP contribution is 2.46. The fraction of sp³-hybridized carbons (Fsp3) is 0.900. The first kappa shape index (κ1) is 23.9. The lowest BCUT2D eigenvalue weighted by Gasteiger charge is -2.09. The van der Waals surface area contributed by atoms with Crippen LogP contribution in [0.2, 0.25) is 0 Å². The number of hydrogen-bond donors (Lipinski definition) is 2. The Morgan fingerprint density at radius 3 is 1.33 bits per heavy atom. The lowest BCUT2D eigenvalue weighted by Crippen LogP contribution is -1.88. The highest BCUT2D eigenvalue weighted by atomic mass is 31.2. The van der Waals surface area contributed by atoms with E-state index in [0.717, 1.165) is 18.4 Å². The largest absolute Gasteiger partial charge is 0.351 e. The molecule has 0 bridgehead atoms. The zero-order valence-electron chi connectivity index (χ0n) is 16.4. The summed E-state index contributed by atoms with van der Waals surface area (Å²) in [4.78, 5) is 18.3. The molecule has 3 nitrogen and oxygen atoms in total. The number of hydrogen-bond acceptors (Lipinski definition) is 1. The molecule has 0 unspecified atom stereocenters. The Labute approximate surface area is 150 Å². The molecule has 0 fully saturated rings. The topological polar surface area (TPSA) is 57.5 Å². The normalized spacial score (nSPS) is 13.2. The Morgan fingerprint density at radius 2 is 1.00 bits per heavy atom. The molecule has 0 aromatic carbocycles. The third kappa shape index (κ3) is 14.3. The van der Waals surface area contributed by atoms with Crippen LogP contribution in [0.4, 0.5) is 0 Å². The standard InChI is InChI=1S/C20H41O3P/c1-4-5-6-7-8-9-10-11-12-13-14-15-16-17-18-19(2)20(3)24(21,22)23/h4-18H2,1-3H3,(H2,21,22,23)/b20-19+. The van der Waals surface area contributed by atoms with Crippen LogP contribution in [-0.2, 0) is 4.57 Å². The first-order valence-corrected chi connectivity index (χ1v) is 11.7. The minimum atomic E-state index is -4.02. The van der Waals surface area contributed by atoms with E-state index in [1.165, 1.54) is 83.5 Å². The molecule has 144 valence electrons. The summed E-state index contributed by atoms with van der Waals surface area (Å²) in [5.41, 5.74) is 0.863. The van der Waals surface area contributed by atoms with E-state index >= 15 is 0 Å². The zero-order valence-corrected chi connectivity index (χ0v) is 17.3. The van der Waals surface area contributed by atoms with Gasteiger partial charge in [-0.2, -0.15) is 0 Å². The van der Waals surface area contributed by atoms with Crippen LogP contribution in [0, 0.1) is 0 Å². The number of unbranched alkanes of at least 4 members (excludes halogenated alkanes) is 13. The highest BCUT2D eigenvalue weighted by Gasteiger charge is 2.17. The van der Waals surface area contributed by atoms with Gasteiger partial charge in [-0.1, -0.05) is 96.0 Å². The molecule has 0 aliphatic rings. The summed E-state index contributed by atoms with van der Waals surface area (Å²) in [6, 6.07) is 0. The van der Waals surface area contributed by atoms with E-state index in [1.54, 1.807) is 6.92 Å². The maximum Gasteiger partial charge on any atom is 0.351 e. The molecule has 0 aromatic heterocycles. The van der Waals surface area contributed by atoms with Gasteiger partial charge in [0.2, 0.25) is 0 Å². The maximum atomic E-state index is 11.2. The molecule has 0 aliphatic carbocycles. The van der Waals surface area contributed by atoms with Crippen molar-refractivity contribution in [2.24, 2.45) is 0 Å². The molecular weight excluding hydrogens is 319 g/mol. The third-order valence-electron chi connectivity index (χ3n) is 4.96. The highest BCUT2D eigenvalue weighted by molar-refractivity contribution is 7.56. The molecule has 0 atom stereocenters. The second kappa shape index (κ2) is 15.2. The Balaban J connectivity index is 3.36. The van der Waals surface area contributed by atoms with Crippen LogP contribution in [0.3, 0.4) is 0 Å². The summed E-state index contributed by atoms with van der Waals surface area (Å²) < 4.78 is 11.2. The Bertz CT molecular complexity index is 371. The second-order valence-electron chi connectivity index (χ2n) is 7.26. The zero-order chi connectivity index (χ0) is 18.3. The van der Waals surface area contributed by atoms with E-state index < -0.39 is 7.60 Å². The molecular formula is C20H41O3P. The average Bonchev–Trinajstić information content (AvgIpc) is 2.53. The van der Waals surface area contributed by atoms with E-state index in [1.807, 2.05) is 6.92 Å². The van der Waals surface area contributed by atoms with Crippen LogP contribution in [0.1, 0.15) is 117 Å². The monoisotopic (exact) mass is 360 g/mol. The van der Waals surface area contributed by atoms with Crippen molar-refractivity contribution in [3.63, 3.8) is 0 Å². The SMILES string of the molecule is CCCCCCCCCCCCCCCC/C(C)=C(\C)P(=O)(O)O. The molecule has 0 radical (unpaired) electrons. The first-order chi connectivity index (χ1) is 11.4. The third-order valence-corrected chi connectivity index (χ3v) is 6.22. The van der Waals surface area contributed by atoms with E-state index in [9.17, 15) is 4.57 Å². The lowest BCUT2D eigenvalue weighted by molar-refractivity contribution is 0.381. The fourth-order valence-corrected chi connectivity index (χ4v) is 3.62. The second-order valence-corrected chi connectivity index (χ2v) is 9.01. The van der Waals surface area contributed by atoms with Gasteiger partial charge in [0.1, 0.15) is 0 Å². The van der Waals surface area contributed by atoms with Crippen LogP contribution in [0.25, 0.3) is 0 Å². The Hall–Kier alpha value is -0.110. The quantitative estimate of drug-likeness (QED) is 0.224. The molecule has 0 saturated carbocycles. The van der Waals surface area contributed by atoms with Gasteiger partial charge in [0.05, 0.1) is 0 Å². The molecule has 0 spiro atoms. The van der Waals surface area contributed by atoms with Gasteiger partial charge in [0.25, 0.3) is 0 Å². The lowest BCUT2D eigenvalue weighted by atomic mass is 10.0. The number of allylic oxidation sites excluding steroid dienone is 2. The van der Waals surface area contributed by atoms with Gasteiger partial charge in [-0.15, -0.1) is 0 Å². The predicted molar refractivity (Wildman–Crippen MR) is 105 cm³/mol. The summed E-state index contributed by atoms with van der Waals surface area (Å²) in [5.74, 6) is 0. The van der Waals surface area contributed by atoms with Gasteiger partial charge < -0.3 is 9.79 Å². The van der Waals surface area contributed by atoms with Gasteiger partial charge in [-0.05, 0) is 26.7 Å². The first-order valence-electron chi connectivity index (χ1n) is 10.1. The fourth-order valence-electron chi connectivity index (χ4n) is 3.01. The molecule has 2 N–H and O–H groups in total. The van der Waals surface area contributed by atoms with Crippen molar-refractivity contribution >= 4 is 7.60 Å². The van der Waals surface area contributed by atoms with E-state index in [2.05, 4.69) is 6.92 Å². The molecule has 0 heterocycles. The summed E-state index contributed by atoms with van der Waals surface area (Å²) in [7, 11) is -4.02. The summed E-state index contributed by atoms with van der Waals surface area (Å²) in [6.45, 7) is 5.66. The Morgan fingerprint density at radius 1 is 0.667 bits per heavy atom. The van der Waals surface area contributed by atoms with Gasteiger partial charge in [-0.3, -0.25) is 4.57 Å².